The molecule has 0 aromatic rings. The Hall–Kier alpha value is -1.52. The van der Waals surface area contributed by atoms with E-state index in [1.165, 1.54) is 25.3 Å². The van der Waals surface area contributed by atoms with Crippen molar-refractivity contribution in [1.29, 1.82) is 0 Å². The van der Waals surface area contributed by atoms with Crippen molar-refractivity contribution >= 4 is 12.0 Å². The maximum Gasteiger partial charge on any atom is 0.326 e. The quantitative estimate of drug-likeness (QED) is 0.680. The van der Waals surface area contributed by atoms with Crippen LogP contribution in [0.1, 0.15) is 44.9 Å². The van der Waals surface area contributed by atoms with E-state index in [4.69, 9.17) is 5.11 Å². The van der Waals surface area contributed by atoms with E-state index in [2.05, 4.69) is 17.2 Å². The fourth-order valence-corrected chi connectivity index (χ4v) is 5.09. The third-order valence-electron chi connectivity index (χ3n) is 5.42. The Kier molecular flexibility index (Phi) is 3.68. The Balaban J connectivity index is 1.62. The van der Waals surface area contributed by atoms with E-state index in [0.29, 0.717) is 0 Å². The molecule has 0 spiro atoms. The van der Waals surface area contributed by atoms with Crippen molar-refractivity contribution in [2.75, 3.05) is 0 Å². The van der Waals surface area contributed by atoms with Crippen LogP contribution in [0.15, 0.2) is 12.7 Å². The lowest BCUT2D eigenvalue weighted by molar-refractivity contribution is -0.139. The number of aliphatic carboxylic acids is 1. The molecule has 1 unspecified atom stereocenters. The average molecular weight is 292 g/mol. The Bertz CT molecular complexity index is 425. The number of urea groups is 1. The van der Waals surface area contributed by atoms with Gasteiger partial charge in [-0.2, -0.15) is 0 Å². The van der Waals surface area contributed by atoms with Crippen LogP contribution >= 0.6 is 0 Å². The molecule has 3 N–H and O–H groups in total. The van der Waals surface area contributed by atoms with Gasteiger partial charge in [0.05, 0.1) is 0 Å². The van der Waals surface area contributed by atoms with Gasteiger partial charge < -0.3 is 15.7 Å². The Morgan fingerprint density at radius 3 is 2.14 bits per heavy atom. The maximum atomic E-state index is 12.2. The summed E-state index contributed by atoms with van der Waals surface area (Å²) in [6.45, 7) is 3.54. The number of hydrogen-bond acceptors (Lipinski definition) is 2. The van der Waals surface area contributed by atoms with Crippen molar-refractivity contribution in [2.24, 2.45) is 17.8 Å². The van der Waals surface area contributed by atoms with Crippen molar-refractivity contribution in [3.63, 3.8) is 0 Å². The molecule has 0 radical (unpaired) electrons. The zero-order valence-electron chi connectivity index (χ0n) is 12.3. The Labute approximate surface area is 125 Å². The smallest absolute Gasteiger partial charge is 0.326 e. The SMILES string of the molecule is C=CCC(NC(=O)NC12CC3CC(CC(C3)C1)C2)C(=O)O. The van der Waals surface area contributed by atoms with Crippen LogP contribution in [0, 0.1) is 17.8 Å². The fraction of sp³-hybridized carbons (Fsp3) is 0.750. The van der Waals surface area contributed by atoms with Gasteiger partial charge in [-0.25, -0.2) is 9.59 Å². The van der Waals surface area contributed by atoms with Crippen LogP contribution in [0.25, 0.3) is 0 Å². The van der Waals surface area contributed by atoms with Crippen LogP contribution in [0.2, 0.25) is 0 Å². The lowest BCUT2D eigenvalue weighted by atomic mass is 9.53. The van der Waals surface area contributed by atoms with Gasteiger partial charge >= 0.3 is 12.0 Å². The number of carbonyl (C=O) groups excluding carboxylic acids is 1. The molecule has 4 saturated carbocycles. The van der Waals surface area contributed by atoms with Gasteiger partial charge in [0, 0.05) is 5.54 Å². The van der Waals surface area contributed by atoms with Crippen molar-refractivity contribution < 1.29 is 14.7 Å². The van der Waals surface area contributed by atoms with Crippen LogP contribution in [0.3, 0.4) is 0 Å². The van der Waals surface area contributed by atoms with Crippen LogP contribution in [0.5, 0.6) is 0 Å². The summed E-state index contributed by atoms with van der Waals surface area (Å²) in [5, 5.41) is 14.8. The third-order valence-corrected chi connectivity index (χ3v) is 5.42. The summed E-state index contributed by atoms with van der Waals surface area (Å²) in [7, 11) is 0. The van der Waals surface area contributed by atoms with Gasteiger partial charge in [-0.3, -0.25) is 0 Å². The lowest BCUT2D eigenvalue weighted by Gasteiger charge is -2.56. The highest BCUT2D eigenvalue weighted by atomic mass is 16.4. The minimum absolute atomic E-state index is 0.0872. The van der Waals surface area contributed by atoms with E-state index in [1.54, 1.807) is 0 Å². The number of nitrogens with one attached hydrogen (secondary N) is 2. The monoisotopic (exact) mass is 292 g/mol. The number of amides is 2. The van der Waals surface area contributed by atoms with Gasteiger partial charge in [0.15, 0.2) is 0 Å². The van der Waals surface area contributed by atoms with E-state index in [-0.39, 0.29) is 18.0 Å². The Morgan fingerprint density at radius 2 is 1.71 bits per heavy atom. The summed E-state index contributed by atoms with van der Waals surface area (Å²) in [6, 6.07) is -1.23. The average Bonchev–Trinajstić information content (AvgIpc) is 2.35. The first-order valence-electron chi connectivity index (χ1n) is 7.92. The second-order valence-corrected chi connectivity index (χ2v) is 7.21. The normalized spacial score (nSPS) is 37.8. The van der Waals surface area contributed by atoms with E-state index >= 15 is 0 Å². The number of rotatable bonds is 5. The summed E-state index contributed by atoms with van der Waals surface area (Å²) >= 11 is 0. The molecule has 2 amide bonds. The summed E-state index contributed by atoms with van der Waals surface area (Å²) in [5.41, 5.74) is -0.0872. The molecular formula is C16H24N2O3. The lowest BCUT2D eigenvalue weighted by Crippen LogP contribution is -2.62. The molecule has 0 aliphatic heterocycles. The van der Waals surface area contributed by atoms with Crippen LogP contribution < -0.4 is 10.6 Å². The molecule has 5 heteroatoms. The zero-order valence-corrected chi connectivity index (χ0v) is 12.3. The van der Waals surface area contributed by atoms with Gasteiger partial charge in [0.2, 0.25) is 0 Å². The minimum Gasteiger partial charge on any atom is -0.480 e. The van der Waals surface area contributed by atoms with Gasteiger partial charge in [0.1, 0.15) is 6.04 Å². The van der Waals surface area contributed by atoms with E-state index < -0.39 is 12.0 Å². The summed E-state index contributed by atoms with van der Waals surface area (Å²) in [4.78, 5) is 23.3. The van der Waals surface area contributed by atoms with Crippen molar-refractivity contribution in [3.05, 3.63) is 12.7 Å². The van der Waals surface area contributed by atoms with E-state index in [9.17, 15) is 9.59 Å². The molecule has 116 valence electrons. The molecule has 4 aliphatic rings. The summed E-state index contributed by atoms with van der Waals surface area (Å²) in [5.74, 6) is 1.23. The number of carboxylic acids is 1. The number of carboxylic acid groups (broad SMARTS) is 1. The van der Waals surface area contributed by atoms with Crippen LogP contribution in [0.4, 0.5) is 4.79 Å². The predicted molar refractivity (Wildman–Crippen MR) is 78.8 cm³/mol. The molecule has 4 aliphatic carbocycles. The predicted octanol–water partition coefficient (Wildman–Crippen LogP) is 2.28. The largest absolute Gasteiger partial charge is 0.480 e. The first-order chi connectivity index (χ1) is 9.99. The molecule has 0 aromatic heterocycles. The molecule has 4 fully saturated rings. The van der Waals surface area contributed by atoms with Gasteiger partial charge in [-0.1, -0.05) is 6.08 Å². The molecule has 0 heterocycles. The molecule has 4 bridgehead atoms. The first-order valence-corrected chi connectivity index (χ1v) is 7.92. The van der Waals surface area contributed by atoms with Gasteiger partial charge in [0.25, 0.3) is 0 Å². The van der Waals surface area contributed by atoms with E-state index in [1.807, 2.05) is 0 Å². The Morgan fingerprint density at radius 1 is 1.19 bits per heavy atom. The minimum atomic E-state index is -1.02. The fourth-order valence-electron chi connectivity index (χ4n) is 5.09. The van der Waals surface area contributed by atoms with Crippen LogP contribution in [-0.2, 0) is 4.79 Å². The zero-order chi connectivity index (χ0) is 15.0. The molecule has 5 nitrogen and oxygen atoms in total. The summed E-state index contributed by atoms with van der Waals surface area (Å²) < 4.78 is 0. The maximum absolute atomic E-state index is 12.2. The summed E-state index contributed by atoms with van der Waals surface area (Å²) in [6.07, 6.45) is 8.89. The molecular weight excluding hydrogens is 268 g/mol. The number of carbonyl (C=O) groups is 2. The standard InChI is InChI=1S/C16H24N2O3/c1-2-3-13(14(19)20)17-15(21)18-16-7-10-4-11(8-16)6-12(5-10)9-16/h2,10-13H,1,3-9H2,(H,19,20)(H2,17,18,21). The topological polar surface area (TPSA) is 78.4 Å². The van der Waals surface area contributed by atoms with Gasteiger partial charge in [-0.05, 0) is 62.7 Å². The molecule has 0 aromatic carbocycles. The molecule has 21 heavy (non-hydrogen) atoms. The second kappa shape index (κ2) is 5.35. The molecule has 0 saturated heterocycles. The molecule has 1 atom stereocenters. The van der Waals surface area contributed by atoms with Crippen molar-refractivity contribution in [3.8, 4) is 0 Å². The second-order valence-electron chi connectivity index (χ2n) is 7.21. The van der Waals surface area contributed by atoms with Gasteiger partial charge in [-0.15, -0.1) is 6.58 Å². The highest BCUT2D eigenvalue weighted by Crippen LogP contribution is 2.55. The molecule has 4 rings (SSSR count). The van der Waals surface area contributed by atoms with Crippen molar-refractivity contribution in [2.45, 2.75) is 56.5 Å². The highest BCUT2D eigenvalue weighted by molar-refractivity contribution is 5.83. The van der Waals surface area contributed by atoms with E-state index in [0.717, 1.165) is 37.0 Å². The third kappa shape index (κ3) is 2.92. The van der Waals surface area contributed by atoms with Crippen molar-refractivity contribution in [1.82, 2.24) is 10.6 Å². The number of hydrogen-bond donors (Lipinski definition) is 3. The first kappa shape index (κ1) is 14.4. The highest BCUT2D eigenvalue weighted by Gasteiger charge is 2.51. The van der Waals surface area contributed by atoms with Crippen LogP contribution in [-0.4, -0.2) is 28.7 Å².